The number of urea groups is 1. The minimum absolute atomic E-state index is 0.000725. The van der Waals surface area contributed by atoms with E-state index in [1.165, 1.54) is 56.4 Å². The fourth-order valence-electron chi connectivity index (χ4n) is 6.48. The van der Waals surface area contributed by atoms with E-state index in [1.54, 1.807) is 23.1 Å². The second-order valence-corrected chi connectivity index (χ2v) is 13.3. The maximum atomic E-state index is 14.3. The number of fused-ring (bicyclic) bond motifs is 1. The van der Waals surface area contributed by atoms with Crippen LogP contribution in [-0.4, -0.2) is 85.0 Å². The first-order valence-electron chi connectivity index (χ1n) is 17.0. The summed E-state index contributed by atoms with van der Waals surface area (Å²) in [5.41, 5.74) is 1.14. The third-order valence-corrected chi connectivity index (χ3v) is 9.20. The molecule has 1 heterocycles. The topological polar surface area (TPSA) is 103 Å². The van der Waals surface area contributed by atoms with E-state index in [4.69, 9.17) is 9.47 Å². The number of hydrogen-bond donors (Lipinski definition) is 3. The van der Waals surface area contributed by atoms with Crippen LogP contribution in [0.15, 0.2) is 42.5 Å². The molecule has 1 aliphatic heterocycles. The van der Waals surface area contributed by atoms with E-state index in [0.717, 1.165) is 38.3 Å². The largest absolute Gasteiger partial charge is 0.490 e. The maximum absolute atomic E-state index is 14.3. The molecule has 0 bridgehead atoms. The summed E-state index contributed by atoms with van der Waals surface area (Å²) in [5, 5.41) is 15.7. The Hall–Kier alpha value is -3.21. The number of amides is 3. The van der Waals surface area contributed by atoms with E-state index in [0.29, 0.717) is 35.8 Å². The first-order chi connectivity index (χ1) is 22.1. The molecule has 0 unspecified atom stereocenters. The number of nitrogens with zero attached hydrogens (tertiary/aromatic N) is 2. The average Bonchev–Trinajstić information content (AvgIpc) is 3.04. The van der Waals surface area contributed by atoms with Crippen molar-refractivity contribution in [3.63, 3.8) is 0 Å². The molecule has 4 atom stereocenters. The molecule has 9 nitrogen and oxygen atoms in total. The molecule has 46 heavy (non-hydrogen) atoms. The van der Waals surface area contributed by atoms with E-state index in [2.05, 4.69) is 29.5 Å². The smallest absolute Gasteiger partial charge is 0.323 e. The molecule has 0 aromatic heterocycles. The van der Waals surface area contributed by atoms with E-state index in [-0.39, 0.29) is 30.6 Å². The van der Waals surface area contributed by atoms with Crippen LogP contribution in [0.4, 0.5) is 20.6 Å². The fourth-order valence-corrected chi connectivity index (χ4v) is 6.48. The van der Waals surface area contributed by atoms with E-state index in [9.17, 15) is 19.1 Å². The molecular formula is C36H53FN4O5. The number of carbonyl (C=O) groups excluding carboxylic acids is 2. The van der Waals surface area contributed by atoms with E-state index >= 15 is 0 Å². The van der Waals surface area contributed by atoms with Crippen molar-refractivity contribution in [1.82, 2.24) is 9.80 Å². The Kier molecular flexibility index (Phi) is 13.7. The molecule has 254 valence electrons. The molecule has 3 N–H and O–H groups in total. The zero-order valence-electron chi connectivity index (χ0n) is 28.0. The average molecular weight is 641 g/mol. The summed E-state index contributed by atoms with van der Waals surface area (Å²) in [6.07, 6.45) is 8.95. The van der Waals surface area contributed by atoms with Crippen LogP contribution >= 0.6 is 0 Å². The van der Waals surface area contributed by atoms with Crippen molar-refractivity contribution in [3.05, 3.63) is 53.8 Å². The second-order valence-electron chi connectivity index (χ2n) is 13.3. The van der Waals surface area contributed by atoms with Gasteiger partial charge in [-0.15, -0.1) is 0 Å². The standard InChI is InChI=1S/C36H53FN4O5/c1-25-21-41(26(2)24-42)35(43)32-20-31(39-36(44)38-30-15-13-29(37)14-16-30)17-18-33(32)46-27(3)10-8-9-19-45-34(25)23-40(4)22-28-11-6-5-7-12-28/h13-18,20,25-28,34,42H,5-12,19,21-24H2,1-4H3,(H2,38,39,44)/t25-,26-,27-,34+/m1/s1. The summed E-state index contributed by atoms with van der Waals surface area (Å²) in [6, 6.07) is 9.51. The zero-order valence-corrected chi connectivity index (χ0v) is 28.0. The summed E-state index contributed by atoms with van der Waals surface area (Å²) >= 11 is 0. The van der Waals surface area contributed by atoms with Crippen molar-refractivity contribution < 1.29 is 28.6 Å². The number of benzene rings is 2. The molecule has 1 fully saturated rings. The highest BCUT2D eigenvalue weighted by Crippen LogP contribution is 2.29. The Balaban J connectivity index is 1.56. The minimum atomic E-state index is -0.527. The number of anilines is 2. The lowest BCUT2D eigenvalue weighted by Crippen LogP contribution is -2.47. The third kappa shape index (κ3) is 10.7. The molecule has 1 aliphatic carbocycles. The molecule has 0 spiro atoms. The summed E-state index contributed by atoms with van der Waals surface area (Å²) in [6.45, 7) is 8.61. The van der Waals surface area contributed by atoms with Crippen molar-refractivity contribution in [1.29, 1.82) is 0 Å². The molecule has 4 rings (SSSR count). The van der Waals surface area contributed by atoms with Gasteiger partial charge in [0.25, 0.3) is 5.91 Å². The molecule has 2 aromatic carbocycles. The number of ether oxygens (including phenoxy) is 2. The fraction of sp³-hybridized carbons (Fsp3) is 0.611. The Morgan fingerprint density at radius 3 is 2.39 bits per heavy atom. The van der Waals surface area contributed by atoms with Gasteiger partial charge in [-0.1, -0.05) is 26.2 Å². The van der Waals surface area contributed by atoms with Crippen LogP contribution < -0.4 is 15.4 Å². The number of carbonyl (C=O) groups is 2. The monoisotopic (exact) mass is 640 g/mol. The Morgan fingerprint density at radius 1 is 1.00 bits per heavy atom. The highest BCUT2D eigenvalue weighted by Gasteiger charge is 2.31. The van der Waals surface area contributed by atoms with Gasteiger partial charge in [-0.2, -0.15) is 0 Å². The van der Waals surface area contributed by atoms with Crippen LogP contribution in [0.2, 0.25) is 0 Å². The van der Waals surface area contributed by atoms with Gasteiger partial charge >= 0.3 is 6.03 Å². The highest BCUT2D eigenvalue weighted by atomic mass is 19.1. The Labute approximate surface area is 273 Å². The quantitative estimate of drug-likeness (QED) is 0.294. The van der Waals surface area contributed by atoms with Crippen molar-refractivity contribution in [2.24, 2.45) is 11.8 Å². The highest BCUT2D eigenvalue weighted by molar-refractivity contribution is 6.02. The first-order valence-corrected chi connectivity index (χ1v) is 17.0. The molecule has 3 amide bonds. The van der Waals surface area contributed by atoms with Gasteiger partial charge in [0.05, 0.1) is 30.4 Å². The summed E-state index contributed by atoms with van der Waals surface area (Å²) in [7, 11) is 2.17. The Morgan fingerprint density at radius 2 is 1.67 bits per heavy atom. The number of rotatable bonds is 8. The second kappa shape index (κ2) is 17.6. The number of nitrogens with one attached hydrogen (secondary N) is 2. The molecule has 2 aromatic rings. The lowest BCUT2D eigenvalue weighted by atomic mass is 9.89. The zero-order chi connectivity index (χ0) is 33.1. The van der Waals surface area contributed by atoms with Crippen LogP contribution in [0, 0.1) is 17.7 Å². The van der Waals surface area contributed by atoms with Gasteiger partial charge in [0.15, 0.2) is 0 Å². The van der Waals surface area contributed by atoms with Crippen molar-refractivity contribution in [2.75, 3.05) is 50.5 Å². The third-order valence-electron chi connectivity index (χ3n) is 9.20. The predicted molar refractivity (Wildman–Crippen MR) is 180 cm³/mol. The number of aliphatic hydroxyl groups is 1. The number of halogens is 1. The molecule has 2 aliphatic rings. The minimum Gasteiger partial charge on any atom is -0.490 e. The first kappa shape index (κ1) is 35.6. The van der Waals surface area contributed by atoms with Gasteiger partial charge in [0, 0.05) is 43.5 Å². The SMILES string of the molecule is C[C@@H]1CCCCO[C@@H](CN(C)CC2CCCCC2)[C@H](C)CN([C@H](C)CO)C(=O)c2cc(NC(=O)Nc3ccc(F)cc3)ccc2O1. The molecule has 0 saturated heterocycles. The van der Waals surface area contributed by atoms with Crippen LogP contribution in [-0.2, 0) is 4.74 Å². The van der Waals surface area contributed by atoms with Crippen LogP contribution in [0.3, 0.4) is 0 Å². The van der Waals surface area contributed by atoms with E-state index < -0.39 is 17.9 Å². The molecular weight excluding hydrogens is 587 g/mol. The summed E-state index contributed by atoms with van der Waals surface area (Å²) in [5.74, 6) is 0.469. The van der Waals surface area contributed by atoms with Gasteiger partial charge in [-0.3, -0.25) is 4.79 Å². The van der Waals surface area contributed by atoms with Crippen LogP contribution in [0.5, 0.6) is 5.75 Å². The van der Waals surface area contributed by atoms with Gasteiger partial charge < -0.3 is 35.0 Å². The van der Waals surface area contributed by atoms with Crippen LogP contribution in [0.25, 0.3) is 0 Å². The molecule has 10 heteroatoms. The molecule has 0 radical (unpaired) electrons. The van der Waals surface area contributed by atoms with Crippen molar-refractivity contribution >= 4 is 23.3 Å². The number of likely N-dealkylation sites (N-methyl/N-ethyl adjacent to an activating group) is 1. The van der Waals surface area contributed by atoms with Crippen molar-refractivity contribution in [3.8, 4) is 5.75 Å². The van der Waals surface area contributed by atoms with Gasteiger partial charge in [-0.25, -0.2) is 9.18 Å². The summed E-state index contributed by atoms with van der Waals surface area (Å²) < 4.78 is 26.1. The lowest BCUT2D eigenvalue weighted by molar-refractivity contribution is -0.0190. The predicted octanol–water partition coefficient (Wildman–Crippen LogP) is 6.78. The molecule has 1 saturated carbocycles. The lowest BCUT2D eigenvalue weighted by Gasteiger charge is -2.36. The van der Waals surface area contributed by atoms with Gasteiger partial charge in [-0.05, 0) is 101 Å². The van der Waals surface area contributed by atoms with Crippen LogP contribution in [0.1, 0.15) is 82.5 Å². The van der Waals surface area contributed by atoms with Gasteiger partial charge in [0.1, 0.15) is 11.6 Å². The normalized spacial score (nSPS) is 22.8. The summed E-state index contributed by atoms with van der Waals surface area (Å²) in [4.78, 5) is 31.2. The maximum Gasteiger partial charge on any atom is 0.323 e. The van der Waals surface area contributed by atoms with Crippen molar-refractivity contribution in [2.45, 2.75) is 90.4 Å². The number of aliphatic hydroxyl groups excluding tert-OH is 1. The number of hydrogen-bond acceptors (Lipinski definition) is 6. The van der Waals surface area contributed by atoms with E-state index in [1.807, 2.05) is 13.8 Å². The Bertz CT molecular complexity index is 1260. The van der Waals surface area contributed by atoms with Gasteiger partial charge in [0.2, 0.25) is 0 Å².